The maximum absolute atomic E-state index is 14.3. The normalized spacial score (nSPS) is 12.2. The minimum absolute atomic E-state index is 0.0619. The standard InChI is InChI=1S/C26H27BrF2N2O4/c1-16-24(23(32)19(27)15-31(16)14-18-20(28)11-8-12-21(18)29)34-22(13-17-9-6-5-7-10-17)30-25(33)35-26(2,3)4/h5-12,15,22H,13-14H2,1-4H3,(H,30,33). The van der Waals surface area contributed by atoms with Gasteiger partial charge in [0.1, 0.15) is 17.2 Å². The van der Waals surface area contributed by atoms with Crippen molar-refractivity contribution >= 4 is 22.0 Å². The van der Waals surface area contributed by atoms with E-state index in [1.165, 1.54) is 29.0 Å². The predicted octanol–water partition coefficient (Wildman–Crippen LogP) is 5.72. The fraction of sp³-hybridized carbons (Fsp3) is 0.308. The molecule has 6 nitrogen and oxygen atoms in total. The average molecular weight is 549 g/mol. The van der Waals surface area contributed by atoms with Crippen LogP contribution in [0, 0.1) is 18.6 Å². The summed E-state index contributed by atoms with van der Waals surface area (Å²) in [6, 6.07) is 12.9. The van der Waals surface area contributed by atoms with Crippen LogP contribution in [0.2, 0.25) is 0 Å². The Labute approximate surface area is 211 Å². The van der Waals surface area contributed by atoms with Crippen molar-refractivity contribution < 1.29 is 23.0 Å². The summed E-state index contributed by atoms with van der Waals surface area (Å²) in [5, 5.41) is 2.66. The highest BCUT2D eigenvalue weighted by Gasteiger charge is 2.24. The van der Waals surface area contributed by atoms with Gasteiger partial charge in [0.2, 0.25) is 5.43 Å². The molecular formula is C26H27BrF2N2O4. The molecule has 1 N–H and O–H groups in total. The lowest BCUT2D eigenvalue weighted by molar-refractivity contribution is 0.0391. The number of nitrogens with zero attached hydrogens (tertiary/aromatic N) is 1. The number of hydrogen-bond donors (Lipinski definition) is 1. The molecule has 3 rings (SSSR count). The van der Waals surface area contributed by atoms with Crippen molar-refractivity contribution in [3.05, 3.63) is 97.9 Å². The smallest absolute Gasteiger partial charge is 0.410 e. The van der Waals surface area contributed by atoms with Gasteiger partial charge in [-0.3, -0.25) is 10.1 Å². The number of nitrogens with one attached hydrogen (secondary N) is 1. The van der Waals surface area contributed by atoms with Crippen LogP contribution in [-0.2, 0) is 17.7 Å². The van der Waals surface area contributed by atoms with Crippen molar-refractivity contribution in [1.29, 1.82) is 0 Å². The van der Waals surface area contributed by atoms with Crippen molar-refractivity contribution in [3.8, 4) is 5.75 Å². The van der Waals surface area contributed by atoms with Crippen LogP contribution in [0.5, 0.6) is 5.75 Å². The first kappa shape index (κ1) is 26.4. The van der Waals surface area contributed by atoms with Gasteiger partial charge in [-0.05, 0) is 61.3 Å². The Morgan fingerprint density at radius 3 is 2.31 bits per heavy atom. The molecule has 0 bridgehead atoms. The van der Waals surface area contributed by atoms with Crippen molar-refractivity contribution in [2.24, 2.45) is 0 Å². The van der Waals surface area contributed by atoms with Gasteiger partial charge in [0.15, 0.2) is 12.0 Å². The topological polar surface area (TPSA) is 69.6 Å². The molecule has 0 aliphatic carbocycles. The second-order valence-electron chi connectivity index (χ2n) is 8.99. The number of hydrogen-bond acceptors (Lipinski definition) is 4. The van der Waals surface area contributed by atoms with E-state index in [1.54, 1.807) is 27.7 Å². The second kappa shape index (κ2) is 11.0. The highest BCUT2D eigenvalue weighted by atomic mass is 79.9. The van der Waals surface area contributed by atoms with E-state index in [-0.39, 0.29) is 28.8 Å². The monoisotopic (exact) mass is 548 g/mol. The van der Waals surface area contributed by atoms with Crippen LogP contribution >= 0.6 is 15.9 Å². The Bertz CT molecular complexity index is 1240. The van der Waals surface area contributed by atoms with Gasteiger partial charge in [0.25, 0.3) is 0 Å². The van der Waals surface area contributed by atoms with Crippen LogP contribution < -0.4 is 15.5 Å². The molecule has 0 saturated carbocycles. The van der Waals surface area contributed by atoms with Crippen molar-refractivity contribution in [2.45, 2.75) is 52.5 Å². The number of amides is 1. The Morgan fingerprint density at radius 2 is 1.71 bits per heavy atom. The average Bonchev–Trinajstić information content (AvgIpc) is 2.76. The van der Waals surface area contributed by atoms with Crippen molar-refractivity contribution in [3.63, 3.8) is 0 Å². The molecule has 1 heterocycles. The maximum Gasteiger partial charge on any atom is 0.410 e. The molecule has 0 radical (unpaired) electrons. The number of rotatable bonds is 7. The van der Waals surface area contributed by atoms with Crippen molar-refractivity contribution in [1.82, 2.24) is 9.88 Å². The van der Waals surface area contributed by atoms with E-state index < -0.39 is 35.0 Å². The van der Waals surface area contributed by atoms with Crippen LogP contribution in [0.3, 0.4) is 0 Å². The summed E-state index contributed by atoms with van der Waals surface area (Å²) < 4.78 is 41.5. The van der Waals surface area contributed by atoms with E-state index >= 15 is 0 Å². The first-order valence-corrected chi connectivity index (χ1v) is 11.8. The molecule has 0 saturated heterocycles. The van der Waals surface area contributed by atoms with Gasteiger partial charge in [-0.25, -0.2) is 13.6 Å². The first-order chi connectivity index (χ1) is 16.4. The van der Waals surface area contributed by atoms with Crippen LogP contribution in [0.15, 0.2) is 64.0 Å². The first-order valence-electron chi connectivity index (χ1n) is 11.0. The lowest BCUT2D eigenvalue weighted by atomic mass is 10.1. The molecule has 2 aromatic carbocycles. The molecule has 9 heteroatoms. The van der Waals surface area contributed by atoms with E-state index in [9.17, 15) is 18.4 Å². The lowest BCUT2D eigenvalue weighted by Gasteiger charge is -2.25. The van der Waals surface area contributed by atoms with Gasteiger partial charge in [-0.1, -0.05) is 36.4 Å². The zero-order valence-electron chi connectivity index (χ0n) is 19.9. The van der Waals surface area contributed by atoms with Crippen LogP contribution in [0.25, 0.3) is 0 Å². The maximum atomic E-state index is 14.3. The summed E-state index contributed by atoms with van der Waals surface area (Å²) in [6.45, 7) is 6.65. The van der Waals surface area contributed by atoms with E-state index in [1.807, 2.05) is 30.3 Å². The molecule has 1 amide bonds. The highest BCUT2D eigenvalue weighted by Crippen LogP contribution is 2.22. The molecular weight excluding hydrogens is 522 g/mol. The van der Waals surface area contributed by atoms with E-state index in [2.05, 4.69) is 21.2 Å². The number of pyridine rings is 1. The lowest BCUT2D eigenvalue weighted by Crippen LogP contribution is -2.44. The molecule has 0 aliphatic rings. The molecule has 3 aromatic rings. The van der Waals surface area contributed by atoms with Gasteiger partial charge in [0.05, 0.1) is 16.7 Å². The second-order valence-corrected chi connectivity index (χ2v) is 9.85. The molecule has 35 heavy (non-hydrogen) atoms. The number of halogens is 3. The number of alkyl carbamates (subject to hydrolysis) is 1. The summed E-state index contributed by atoms with van der Waals surface area (Å²) in [5.41, 5.74) is -0.148. The molecule has 1 aromatic heterocycles. The number of carbonyl (C=O) groups is 1. The third-order valence-electron chi connectivity index (χ3n) is 5.04. The van der Waals surface area contributed by atoms with Gasteiger partial charge >= 0.3 is 6.09 Å². The molecule has 0 spiro atoms. The number of aromatic nitrogens is 1. The van der Waals surface area contributed by atoms with Crippen LogP contribution in [0.1, 0.15) is 37.6 Å². The van der Waals surface area contributed by atoms with Gasteiger partial charge in [-0.2, -0.15) is 0 Å². The largest absolute Gasteiger partial charge is 0.464 e. The minimum atomic E-state index is -0.952. The summed E-state index contributed by atoms with van der Waals surface area (Å²) in [7, 11) is 0. The minimum Gasteiger partial charge on any atom is -0.464 e. The Hall–Kier alpha value is -3.20. The highest BCUT2D eigenvalue weighted by molar-refractivity contribution is 9.10. The molecule has 0 fully saturated rings. The molecule has 1 atom stereocenters. The van der Waals surface area contributed by atoms with Crippen LogP contribution in [-0.4, -0.2) is 22.5 Å². The van der Waals surface area contributed by atoms with Crippen LogP contribution in [0.4, 0.5) is 13.6 Å². The number of benzene rings is 2. The van der Waals surface area contributed by atoms with E-state index in [4.69, 9.17) is 9.47 Å². The predicted molar refractivity (Wildman–Crippen MR) is 133 cm³/mol. The summed E-state index contributed by atoms with van der Waals surface area (Å²) in [5.74, 6) is -1.46. The molecule has 186 valence electrons. The van der Waals surface area contributed by atoms with Gasteiger partial charge in [0, 0.05) is 18.2 Å². The Kier molecular flexibility index (Phi) is 8.32. The SMILES string of the molecule is Cc1c(OC(Cc2ccccc2)NC(=O)OC(C)(C)C)c(=O)c(Br)cn1Cc1c(F)cccc1F. The number of ether oxygens (including phenoxy) is 2. The fourth-order valence-corrected chi connectivity index (χ4v) is 3.81. The fourth-order valence-electron chi connectivity index (χ4n) is 3.38. The van der Waals surface area contributed by atoms with E-state index in [0.29, 0.717) is 5.69 Å². The zero-order valence-corrected chi connectivity index (χ0v) is 21.5. The third-order valence-corrected chi connectivity index (χ3v) is 5.61. The van der Waals surface area contributed by atoms with Gasteiger partial charge in [-0.15, -0.1) is 0 Å². The third kappa shape index (κ3) is 7.14. The van der Waals surface area contributed by atoms with Crippen molar-refractivity contribution in [2.75, 3.05) is 0 Å². The zero-order chi connectivity index (χ0) is 25.8. The summed E-state index contributed by atoms with van der Waals surface area (Å²) >= 11 is 3.22. The summed E-state index contributed by atoms with van der Waals surface area (Å²) in [4.78, 5) is 25.4. The van der Waals surface area contributed by atoms with E-state index in [0.717, 1.165) is 5.56 Å². The quantitative estimate of drug-likeness (QED) is 0.383. The molecule has 0 aliphatic heterocycles. The summed E-state index contributed by atoms with van der Waals surface area (Å²) in [6.07, 6.45) is 0.0311. The van der Waals surface area contributed by atoms with Gasteiger partial charge < -0.3 is 14.0 Å². The Balaban J connectivity index is 1.96. The molecule has 1 unspecified atom stereocenters. The number of carbonyl (C=O) groups excluding carboxylic acids is 1. The Morgan fingerprint density at radius 1 is 1.09 bits per heavy atom.